The highest BCUT2D eigenvalue weighted by molar-refractivity contribution is 6.00. The lowest BCUT2D eigenvalue weighted by Crippen LogP contribution is -2.38. The van der Waals surface area contributed by atoms with Crippen molar-refractivity contribution < 1.29 is 4.79 Å². The van der Waals surface area contributed by atoms with E-state index in [0.717, 1.165) is 29.6 Å². The minimum absolute atomic E-state index is 0.00546. The lowest BCUT2D eigenvalue weighted by Gasteiger charge is -2.26. The van der Waals surface area contributed by atoms with E-state index in [1.165, 1.54) is 0 Å². The normalized spacial score (nSPS) is 10.9. The van der Waals surface area contributed by atoms with E-state index in [9.17, 15) is 4.79 Å². The molecule has 0 atom stereocenters. The van der Waals surface area contributed by atoms with Crippen molar-refractivity contribution >= 4 is 22.5 Å². The molecule has 4 heteroatoms. The van der Waals surface area contributed by atoms with Gasteiger partial charge in [0.2, 0.25) is 0 Å². The topological polar surface area (TPSA) is 45.2 Å². The van der Waals surface area contributed by atoms with Gasteiger partial charge in [0, 0.05) is 25.0 Å². The molecule has 0 saturated carbocycles. The second-order valence-electron chi connectivity index (χ2n) is 5.42. The summed E-state index contributed by atoms with van der Waals surface area (Å²) in [5.41, 5.74) is 0.500. The molecule has 1 amide bonds. The number of nitrogens with one attached hydrogen (secondary N) is 1. The number of amides is 1. The van der Waals surface area contributed by atoms with Crippen LogP contribution in [0.2, 0.25) is 0 Å². The van der Waals surface area contributed by atoms with E-state index in [4.69, 9.17) is 0 Å². The van der Waals surface area contributed by atoms with Crippen LogP contribution >= 0.6 is 0 Å². The number of aromatic nitrogens is 1. The molecule has 0 saturated heterocycles. The summed E-state index contributed by atoms with van der Waals surface area (Å²) in [4.78, 5) is 19.1. The van der Waals surface area contributed by atoms with Crippen LogP contribution in [0.1, 0.15) is 37.7 Å². The highest BCUT2D eigenvalue weighted by Crippen LogP contribution is 2.23. The standard InChI is InChI=1S/C17H23N3O/c1-5-10-20(12(2)3)17(21)15-11-13-8-6-7-9-14(13)16(18-4)19-15/h6-9,11-12H,5,10H2,1-4H3,(H,18,19). The first-order chi connectivity index (χ1) is 10.1. The molecule has 0 radical (unpaired) electrons. The van der Waals surface area contributed by atoms with Crippen LogP contribution in [0.15, 0.2) is 30.3 Å². The van der Waals surface area contributed by atoms with E-state index in [2.05, 4.69) is 17.2 Å². The Kier molecular flexibility index (Phi) is 4.78. The van der Waals surface area contributed by atoms with E-state index in [1.807, 2.05) is 56.1 Å². The van der Waals surface area contributed by atoms with Crippen LogP contribution in [-0.4, -0.2) is 35.4 Å². The SMILES string of the molecule is CCCN(C(=O)c1cc2ccccc2c(NC)n1)C(C)C. The first kappa shape index (κ1) is 15.3. The molecule has 0 fully saturated rings. The number of hydrogen-bond acceptors (Lipinski definition) is 3. The first-order valence-electron chi connectivity index (χ1n) is 7.47. The number of carbonyl (C=O) groups excluding carboxylic acids is 1. The summed E-state index contributed by atoms with van der Waals surface area (Å²) >= 11 is 0. The summed E-state index contributed by atoms with van der Waals surface area (Å²) in [5.74, 6) is 0.741. The monoisotopic (exact) mass is 285 g/mol. The second kappa shape index (κ2) is 6.57. The Morgan fingerprint density at radius 1 is 1.33 bits per heavy atom. The van der Waals surface area contributed by atoms with Gasteiger partial charge in [0.1, 0.15) is 11.5 Å². The minimum atomic E-state index is -0.00546. The van der Waals surface area contributed by atoms with Crippen molar-refractivity contribution in [3.63, 3.8) is 0 Å². The van der Waals surface area contributed by atoms with Gasteiger partial charge in [0.25, 0.3) is 5.91 Å². The molecule has 112 valence electrons. The molecule has 0 spiro atoms. The average Bonchev–Trinajstić information content (AvgIpc) is 2.50. The van der Waals surface area contributed by atoms with Crippen LogP contribution in [0.5, 0.6) is 0 Å². The van der Waals surface area contributed by atoms with Gasteiger partial charge in [0.05, 0.1) is 0 Å². The number of rotatable bonds is 5. The van der Waals surface area contributed by atoms with Gasteiger partial charge < -0.3 is 10.2 Å². The molecule has 0 bridgehead atoms. The molecule has 1 aromatic heterocycles. The maximum atomic E-state index is 12.7. The number of benzene rings is 1. The molecule has 0 unspecified atom stereocenters. The molecule has 1 aromatic carbocycles. The van der Waals surface area contributed by atoms with E-state index in [1.54, 1.807) is 0 Å². The van der Waals surface area contributed by atoms with Gasteiger partial charge in [-0.2, -0.15) is 0 Å². The fourth-order valence-electron chi connectivity index (χ4n) is 2.48. The molecular formula is C17H23N3O. The van der Waals surface area contributed by atoms with Gasteiger partial charge in [-0.15, -0.1) is 0 Å². The number of anilines is 1. The van der Waals surface area contributed by atoms with E-state index in [-0.39, 0.29) is 11.9 Å². The fraction of sp³-hybridized carbons (Fsp3) is 0.412. The molecule has 0 aliphatic heterocycles. The van der Waals surface area contributed by atoms with E-state index in [0.29, 0.717) is 5.69 Å². The van der Waals surface area contributed by atoms with E-state index < -0.39 is 0 Å². The van der Waals surface area contributed by atoms with Gasteiger partial charge in [-0.05, 0) is 31.7 Å². The molecule has 1 N–H and O–H groups in total. The van der Waals surface area contributed by atoms with Crippen molar-refractivity contribution in [1.82, 2.24) is 9.88 Å². The van der Waals surface area contributed by atoms with Crippen LogP contribution in [0, 0.1) is 0 Å². The Bertz CT molecular complexity index is 637. The molecule has 0 aliphatic carbocycles. The highest BCUT2D eigenvalue weighted by atomic mass is 16.2. The highest BCUT2D eigenvalue weighted by Gasteiger charge is 2.20. The van der Waals surface area contributed by atoms with Crippen molar-refractivity contribution in [3.05, 3.63) is 36.0 Å². The number of nitrogens with zero attached hydrogens (tertiary/aromatic N) is 2. The smallest absolute Gasteiger partial charge is 0.272 e. The van der Waals surface area contributed by atoms with Gasteiger partial charge in [-0.3, -0.25) is 4.79 Å². The summed E-state index contributed by atoms with van der Waals surface area (Å²) in [5, 5.41) is 5.14. The van der Waals surface area contributed by atoms with Crippen molar-refractivity contribution in [2.75, 3.05) is 18.9 Å². The molecule has 2 rings (SSSR count). The number of pyridine rings is 1. The van der Waals surface area contributed by atoms with Crippen molar-refractivity contribution in [2.24, 2.45) is 0 Å². The number of hydrogen-bond donors (Lipinski definition) is 1. The van der Waals surface area contributed by atoms with Gasteiger partial charge in [-0.1, -0.05) is 31.2 Å². The van der Waals surface area contributed by atoms with Crippen LogP contribution in [-0.2, 0) is 0 Å². The second-order valence-corrected chi connectivity index (χ2v) is 5.42. The summed E-state index contributed by atoms with van der Waals surface area (Å²) in [6, 6.07) is 10.0. The van der Waals surface area contributed by atoms with Crippen LogP contribution in [0.3, 0.4) is 0 Å². The third kappa shape index (κ3) is 3.15. The van der Waals surface area contributed by atoms with Gasteiger partial charge in [0.15, 0.2) is 0 Å². The van der Waals surface area contributed by atoms with Gasteiger partial charge in [-0.25, -0.2) is 4.98 Å². The summed E-state index contributed by atoms with van der Waals surface area (Å²) in [7, 11) is 1.83. The predicted molar refractivity (Wildman–Crippen MR) is 87.8 cm³/mol. The lowest BCUT2D eigenvalue weighted by molar-refractivity contribution is 0.0700. The predicted octanol–water partition coefficient (Wildman–Crippen LogP) is 3.54. The molecule has 2 aromatic rings. The maximum Gasteiger partial charge on any atom is 0.272 e. The average molecular weight is 285 g/mol. The fourth-order valence-corrected chi connectivity index (χ4v) is 2.48. The third-order valence-electron chi connectivity index (χ3n) is 3.55. The zero-order chi connectivity index (χ0) is 15.4. The van der Waals surface area contributed by atoms with Crippen molar-refractivity contribution in [1.29, 1.82) is 0 Å². The zero-order valence-electron chi connectivity index (χ0n) is 13.2. The molecule has 4 nitrogen and oxygen atoms in total. The Hall–Kier alpha value is -2.10. The van der Waals surface area contributed by atoms with E-state index >= 15 is 0 Å². The summed E-state index contributed by atoms with van der Waals surface area (Å²) in [6.45, 7) is 6.90. The van der Waals surface area contributed by atoms with Crippen LogP contribution in [0.4, 0.5) is 5.82 Å². The number of carbonyl (C=O) groups is 1. The van der Waals surface area contributed by atoms with Crippen LogP contribution in [0.25, 0.3) is 10.8 Å². The molecule has 1 heterocycles. The Labute approximate surface area is 126 Å². The Morgan fingerprint density at radius 3 is 2.67 bits per heavy atom. The Morgan fingerprint density at radius 2 is 2.05 bits per heavy atom. The molecule has 21 heavy (non-hydrogen) atoms. The summed E-state index contributed by atoms with van der Waals surface area (Å²) in [6.07, 6.45) is 0.941. The van der Waals surface area contributed by atoms with Crippen molar-refractivity contribution in [3.8, 4) is 0 Å². The maximum absolute atomic E-state index is 12.7. The third-order valence-corrected chi connectivity index (χ3v) is 3.55. The van der Waals surface area contributed by atoms with Gasteiger partial charge >= 0.3 is 0 Å². The molecular weight excluding hydrogens is 262 g/mol. The Balaban J connectivity index is 2.48. The minimum Gasteiger partial charge on any atom is -0.373 e. The van der Waals surface area contributed by atoms with Crippen molar-refractivity contribution in [2.45, 2.75) is 33.2 Å². The van der Waals surface area contributed by atoms with Crippen LogP contribution < -0.4 is 5.32 Å². The zero-order valence-corrected chi connectivity index (χ0v) is 13.2. The first-order valence-corrected chi connectivity index (χ1v) is 7.47. The lowest BCUT2D eigenvalue weighted by atomic mass is 10.1. The largest absolute Gasteiger partial charge is 0.373 e. The summed E-state index contributed by atoms with van der Waals surface area (Å²) < 4.78 is 0. The number of fused-ring (bicyclic) bond motifs is 1. The quantitative estimate of drug-likeness (QED) is 0.914. The molecule has 0 aliphatic rings.